The normalized spacial score (nSPS) is 11.3. The van der Waals surface area contributed by atoms with Gasteiger partial charge in [-0.1, -0.05) is 6.07 Å². The molecule has 0 saturated carbocycles. The topological polar surface area (TPSA) is 27.7 Å². The van der Waals surface area contributed by atoms with Gasteiger partial charge in [0.25, 0.3) is 0 Å². The lowest BCUT2D eigenvalue weighted by atomic mass is 10.00. The highest BCUT2D eigenvalue weighted by molar-refractivity contribution is 5.78. The van der Waals surface area contributed by atoms with E-state index in [0.29, 0.717) is 5.75 Å². The number of hydrogen-bond donors (Lipinski definition) is 0. The molecule has 0 unspecified atom stereocenters. The van der Waals surface area contributed by atoms with E-state index in [1.807, 2.05) is 0 Å². The molecule has 0 radical (unpaired) electrons. The highest BCUT2D eigenvalue weighted by atomic mass is 19.4. The fraction of sp³-hybridized carbons (Fsp3) is 0.250. The molecular formula is C16H14F4O3. The van der Waals surface area contributed by atoms with E-state index in [9.17, 15) is 17.6 Å². The predicted molar refractivity (Wildman–Crippen MR) is 76.5 cm³/mol. The van der Waals surface area contributed by atoms with E-state index in [2.05, 4.69) is 0 Å². The second kappa shape index (κ2) is 6.36. The SMILES string of the molecule is COc1cc(OC)c(-c2ccc(F)c(C(F)(F)F)c2)c(OC)c1. The van der Waals surface area contributed by atoms with Crippen LogP contribution in [0.1, 0.15) is 5.56 Å². The van der Waals surface area contributed by atoms with Crippen LogP contribution in [0.5, 0.6) is 17.2 Å². The fourth-order valence-electron chi connectivity index (χ4n) is 2.19. The second-order valence-corrected chi connectivity index (χ2v) is 4.60. The van der Waals surface area contributed by atoms with Crippen molar-refractivity contribution < 1.29 is 31.8 Å². The van der Waals surface area contributed by atoms with E-state index in [1.165, 1.54) is 39.5 Å². The zero-order valence-corrected chi connectivity index (χ0v) is 12.6. The van der Waals surface area contributed by atoms with Crippen LogP contribution in [0.4, 0.5) is 17.6 Å². The quantitative estimate of drug-likeness (QED) is 0.771. The van der Waals surface area contributed by atoms with Crippen LogP contribution in [-0.4, -0.2) is 21.3 Å². The van der Waals surface area contributed by atoms with Crippen LogP contribution in [0.25, 0.3) is 11.1 Å². The molecule has 0 bridgehead atoms. The summed E-state index contributed by atoms with van der Waals surface area (Å²) in [5.74, 6) is -0.421. The molecule has 0 atom stereocenters. The molecule has 3 nitrogen and oxygen atoms in total. The number of alkyl halides is 3. The molecule has 0 spiro atoms. The van der Waals surface area contributed by atoms with Crippen LogP contribution in [0.2, 0.25) is 0 Å². The largest absolute Gasteiger partial charge is 0.496 e. The van der Waals surface area contributed by atoms with Crippen LogP contribution in [0.15, 0.2) is 30.3 Å². The maximum absolute atomic E-state index is 13.5. The van der Waals surface area contributed by atoms with Crippen molar-refractivity contribution in [2.75, 3.05) is 21.3 Å². The van der Waals surface area contributed by atoms with Gasteiger partial charge in [-0.3, -0.25) is 0 Å². The molecule has 0 heterocycles. The third kappa shape index (κ3) is 3.33. The lowest BCUT2D eigenvalue weighted by Crippen LogP contribution is -2.08. The van der Waals surface area contributed by atoms with Crippen LogP contribution in [0.3, 0.4) is 0 Å². The van der Waals surface area contributed by atoms with Gasteiger partial charge in [-0.2, -0.15) is 13.2 Å². The van der Waals surface area contributed by atoms with Crippen molar-refractivity contribution in [2.45, 2.75) is 6.18 Å². The van der Waals surface area contributed by atoms with Crippen LogP contribution in [-0.2, 0) is 6.18 Å². The van der Waals surface area contributed by atoms with Crippen molar-refractivity contribution in [1.29, 1.82) is 0 Å². The maximum Gasteiger partial charge on any atom is 0.419 e. The zero-order valence-electron chi connectivity index (χ0n) is 12.6. The van der Waals surface area contributed by atoms with Crippen LogP contribution < -0.4 is 14.2 Å². The molecule has 0 aliphatic rings. The van der Waals surface area contributed by atoms with Crippen LogP contribution in [0, 0.1) is 5.82 Å². The van der Waals surface area contributed by atoms with Gasteiger partial charge < -0.3 is 14.2 Å². The average Bonchev–Trinajstić information content (AvgIpc) is 2.53. The Morgan fingerprint density at radius 2 is 1.39 bits per heavy atom. The first-order valence-corrected chi connectivity index (χ1v) is 6.49. The van der Waals surface area contributed by atoms with Gasteiger partial charge in [0.1, 0.15) is 23.1 Å². The minimum absolute atomic E-state index is 0.120. The molecule has 2 aromatic carbocycles. The first-order valence-electron chi connectivity index (χ1n) is 6.49. The van der Waals surface area contributed by atoms with Gasteiger partial charge in [-0.25, -0.2) is 4.39 Å². The Morgan fingerprint density at radius 3 is 1.83 bits per heavy atom. The van der Waals surface area contributed by atoms with Gasteiger partial charge in [0.15, 0.2) is 0 Å². The predicted octanol–water partition coefficient (Wildman–Crippen LogP) is 4.54. The van der Waals surface area contributed by atoms with E-state index in [0.717, 1.165) is 12.1 Å². The average molecular weight is 330 g/mol. The monoisotopic (exact) mass is 330 g/mol. The Balaban J connectivity index is 2.71. The molecule has 124 valence electrons. The third-order valence-electron chi connectivity index (χ3n) is 3.28. The highest BCUT2D eigenvalue weighted by Gasteiger charge is 2.34. The molecule has 2 rings (SSSR count). The summed E-state index contributed by atoms with van der Waals surface area (Å²) in [5, 5.41) is 0. The summed E-state index contributed by atoms with van der Waals surface area (Å²) in [5.41, 5.74) is -0.952. The molecule has 0 aliphatic heterocycles. The Kier molecular flexibility index (Phi) is 4.68. The summed E-state index contributed by atoms with van der Waals surface area (Å²) in [4.78, 5) is 0. The van der Waals surface area contributed by atoms with Crippen LogP contribution >= 0.6 is 0 Å². The Labute approximate surface area is 130 Å². The number of benzene rings is 2. The van der Waals surface area contributed by atoms with Crippen molar-refractivity contribution in [3.8, 4) is 28.4 Å². The first-order chi connectivity index (χ1) is 10.8. The number of hydrogen-bond acceptors (Lipinski definition) is 3. The lowest BCUT2D eigenvalue weighted by molar-refractivity contribution is -0.139. The number of methoxy groups -OCH3 is 3. The van der Waals surface area contributed by atoms with Gasteiger partial charge in [-0.05, 0) is 17.7 Å². The van der Waals surface area contributed by atoms with Crippen molar-refractivity contribution in [3.05, 3.63) is 41.7 Å². The van der Waals surface area contributed by atoms with Gasteiger partial charge in [0.2, 0.25) is 0 Å². The Hall–Kier alpha value is -2.44. The van der Waals surface area contributed by atoms with Crippen molar-refractivity contribution in [3.63, 3.8) is 0 Å². The molecular weight excluding hydrogens is 316 g/mol. The van der Waals surface area contributed by atoms with Crippen molar-refractivity contribution in [1.82, 2.24) is 0 Å². The molecule has 2 aromatic rings. The second-order valence-electron chi connectivity index (χ2n) is 4.60. The summed E-state index contributed by atoms with van der Waals surface area (Å²) in [6, 6.07) is 5.74. The lowest BCUT2D eigenvalue weighted by Gasteiger charge is -2.16. The summed E-state index contributed by atoms with van der Waals surface area (Å²) < 4.78 is 67.7. The molecule has 0 amide bonds. The summed E-state index contributed by atoms with van der Waals surface area (Å²) >= 11 is 0. The molecule has 0 aromatic heterocycles. The van der Waals surface area contributed by atoms with Crippen molar-refractivity contribution in [2.24, 2.45) is 0 Å². The van der Waals surface area contributed by atoms with E-state index in [-0.39, 0.29) is 22.6 Å². The molecule has 7 heteroatoms. The van der Waals surface area contributed by atoms with Gasteiger partial charge in [0.05, 0.1) is 32.5 Å². The van der Waals surface area contributed by atoms with Gasteiger partial charge in [0, 0.05) is 12.1 Å². The summed E-state index contributed by atoms with van der Waals surface area (Å²) in [6.07, 6.45) is -4.80. The van der Waals surface area contributed by atoms with Gasteiger partial charge >= 0.3 is 6.18 Å². The van der Waals surface area contributed by atoms with E-state index >= 15 is 0 Å². The Morgan fingerprint density at radius 1 is 0.826 bits per heavy atom. The minimum Gasteiger partial charge on any atom is -0.496 e. The molecule has 0 saturated heterocycles. The highest BCUT2D eigenvalue weighted by Crippen LogP contribution is 2.43. The minimum atomic E-state index is -4.80. The van der Waals surface area contributed by atoms with E-state index < -0.39 is 17.6 Å². The number of rotatable bonds is 4. The number of ether oxygens (including phenoxy) is 3. The van der Waals surface area contributed by atoms with E-state index in [1.54, 1.807) is 0 Å². The zero-order chi connectivity index (χ0) is 17.2. The molecule has 0 fully saturated rings. The fourth-order valence-corrected chi connectivity index (χ4v) is 2.19. The summed E-state index contributed by atoms with van der Waals surface area (Å²) in [6.45, 7) is 0. The molecule has 0 aliphatic carbocycles. The third-order valence-corrected chi connectivity index (χ3v) is 3.28. The van der Waals surface area contributed by atoms with E-state index in [4.69, 9.17) is 14.2 Å². The Bertz CT molecular complexity index is 686. The number of halogens is 4. The van der Waals surface area contributed by atoms with Gasteiger partial charge in [-0.15, -0.1) is 0 Å². The standard InChI is InChI=1S/C16H14F4O3/c1-21-10-7-13(22-2)15(14(8-10)23-3)9-4-5-12(17)11(6-9)16(18,19)20/h4-8H,1-3H3. The maximum atomic E-state index is 13.5. The first kappa shape index (κ1) is 16.9. The smallest absolute Gasteiger partial charge is 0.419 e. The summed E-state index contributed by atoms with van der Waals surface area (Å²) in [7, 11) is 4.17. The van der Waals surface area contributed by atoms with Crippen molar-refractivity contribution >= 4 is 0 Å². The molecule has 23 heavy (non-hydrogen) atoms. The molecule has 0 N–H and O–H groups in total.